The van der Waals surface area contributed by atoms with Gasteiger partial charge in [-0.15, -0.1) is 0 Å². The summed E-state index contributed by atoms with van der Waals surface area (Å²) in [6.07, 6.45) is 1.16. The lowest BCUT2D eigenvalue weighted by atomic mass is 10.0. The van der Waals surface area contributed by atoms with Gasteiger partial charge in [0.15, 0.2) is 0 Å². The average molecular weight is 237 g/mol. The van der Waals surface area contributed by atoms with Gasteiger partial charge in [0.1, 0.15) is 9.84 Å². The molecular formula is C9H19NO4S. The quantitative estimate of drug-likeness (QED) is 0.685. The zero-order valence-corrected chi connectivity index (χ0v) is 10.3. The molecule has 15 heavy (non-hydrogen) atoms. The van der Waals surface area contributed by atoms with E-state index in [1.165, 1.54) is 0 Å². The summed E-state index contributed by atoms with van der Waals surface area (Å²) in [4.78, 5) is 10.6. The normalized spacial score (nSPS) is 18.1. The molecule has 2 N–H and O–H groups in total. The molecule has 0 aromatic rings. The first-order valence-electron chi connectivity index (χ1n) is 4.80. The second-order valence-electron chi connectivity index (χ2n) is 4.08. The van der Waals surface area contributed by atoms with Gasteiger partial charge in [-0.05, 0) is 13.8 Å². The number of carbonyl (C=O) groups is 1. The molecular weight excluding hydrogens is 218 g/mol. The van der Waals surface area contributed by atoms with E-state index in [1.54, 1.807) is 20.8 Å². The average Bonchev–Trinajstić information content (AvgIpc) is 1.98. The van der Waals surface area contributed by atoms with Crippen molar-refractivity contribution in [2.75, 3.05) is 12.0 Å². The number of carboxylic acid groups (broad SMARTS) is 1. The molecule has 6 heteroatoms. The van der Waals surface area contributed by atoms with E-state index in [0.717, 1.165) is 6.26 Å². The fraction of sp³-hybridized carbons (Fsp3) is 0.889. The van der Waals surface area contributed by atoms with Crippen molar-refractivity contribution in [2.24, 2.45) is 5.92 Å². The highest BCUT2D eigenvalue weighted by Crippen LogP contribution is 2.04. The van der Waals surface area contributed by atoms with Gasteiger partial charge in [-0.25, -0.2) is 8.42 Å². The first-order valence-corrected chi connectivity index (χ1v) is 6.86. The van der Waals surface area contributed by atoms with Crippen molar-refractivity contribution < 1.29 is 18.3 Å². The standard InChI is InChI=1S/C9H19NO4S/c1-6(5-15(4,13)14)10-8(3)7(2)9(11)12/h6-8,10H,5H2,1-4H3,(H,11,12). The largest absolute Gasteiger partial charge is 0.481 e. The molecule has 5 nitrogen and oxygen atoms in total. The molecule has 3 unspecified atom stereocenters. The molecule has 0 heterocycles. The van der Waals surface area contributed by atoms with Gasteiger partial charge in [0.2, 0.25) is 0 Å². The summed E-state index contributed by atoms with van der Waals surface area (Å²) in [6.45, 7) is 5.05. The van der Waals surface area contributed by atoms with E-state index >= 15 is 0 Å². The van der Waals surface area contributed by atoms with Crippen LogP contribution in [0.4, 0.5) is 0 Å². The van der Waals surface area contributed by atoms with Crippen molar-refractivity contribution in [1.29, 1.82) is 0 Å². The summed E-state index contributed by atoms with van der Waals surface area (Å²) in [5, 5.41) is 11.7. The Kier molecular flexibility index (Phi) is 5.23. The molecule has 0 spiro atoms. The van der Waals surface area contributed by atoms with Gasteiger partial charge in [0.25, 0.3) is 0 Å². The van der Waals surface area contributed by atoms with Crippen LogP contribution in [0, 0.1) is 5.92 Å². The third-order valence-electron chi connectivity index (χ3n) is 2.24. The Morgan fingerprint density at radius 3 is 2.13 bits per heavy atom. The maximum Gasteiger partial charge on any atom is 0.307 e. The van der Waals surface area contributed by atoms with Gasteiger partial charge >= 0.3 is 5.97 Å². The van der Waals surface area contributed by atoms with E-state index in [4.69, 9.17) is 5.11 Å². The van der Waals surface area contributed by atoms with Crippen molar-refractivity contribution in [3.63, 3.8) is 0 Å². The zero-order valence-electron chi connectivity index (χ0n) is 9.52. The Labute approximate surface area is 90.8 Å². The maximum atomic E-state index is 11.0. The summed E-state index contributed by atoms with van der Waals surface area (Å²) in [5.41, 5.74) is 0. The molecule has 0 fully saturated rings. The molecule has 0 aliphatic rings. The summed E-state index contributed by atoms with van der Waals surface area (Å²) < 4.78 is 21.9. The van der Waals surface area contributed by atoms with Crippen LogP contribution in [0.3, 0.4) is 0 Å². The molecule has 0 aromatic heterocycles. The number of nitrogens with one attached hydrogen (secondary N) is 1. The predicted octanol–water partition coefficient (Wildman–Crippen LogP) is 0.118. The van der Waals surface area contributed by atoms with Gasteiger partial charge < -0.3 is 10.4 Å². The SMILES string of the molecule is CC(CS(C)(=O)=O)NC(C)C(C)C(=O)O. The minimum absolute atomic E-state index is 0.0175. The highest BCUT2D eigenvalue weighted by atomic mass is 32.2. The molecule has 0 radical (unpaired) electrons. The lowest BCUT2D eigenvalue weighted by Gasteiger charge is -2.22. The van der Waals surface area contributed by atoms with Crippen molar-refractivity contribution >= 4 is 15.8 Å². The van der Waals surface area contributed by atoms with Crippen LogP contribution in [-0.2, 0) is 14.6 Å². The summed E-state index contributed by atoms with van der Waals surface area (Å²) in [6, 6.07) is -0.490. The predicted molar refractivity (Wildman–Crippen MR) is 58.6 cm³/mol. The van der Waals surface area contributed by atoms with E-state index in [0.29, 0.717) is 0 Å². The molecule has 0 aliphatic carbocycles. The topological polar surface area (TPSA) is 83.5 Å². The van der Waals surface area contributed by atoms with Crippen LogP contribution >= 0.6 is 0 Å². The van der Waals surface area contributed by atoms with Crippen LogP contribution < -0.4 is 5.32 Å². The molecule has 0 saturated heterocycles. The van der Waals surface area contributed by atoms with Crippen LogP contribution in [0.1, 0.15) is 20.8 Å². The third kappa shape index (κ3) is 6.46. The summed E-state index contributed by atoms with van der Waals surface area (Å²) >= 11 is 0. The minimum atomic E-state index is -3.02. The first-order chi connectivity index (χ1) is 6.63. The lowest BCUT2D eigenvalue weighted by Crippen LogP contribution is -2.43. The van der Waals surface area contributed by atoms with Gasteiger partial charge in [0, 0.05) is 18.3 Å². The second kappa shape index (κ2) is 5.46. The van der Waals surface area contributed by atoms with E-state index in [9.17, 15) is 13.2 Å². The van der Waals surface area contributed by atoms with Crippen molar-refractivity contribution in [2.45, 2.75) is 32.9 Å². The molecule has 0 aliphatic heterocycles. The van der Waals surface area contributed by atoms with Crippen LogP contribution in [0.2, 0.25) is 0 Å². The highest BCUT2D eigenvalue weighted by molar-refractivity contribution is 7.90. The monoisotopic (exact) mass is 237 g/mol. The van der Waals surface area contributed by atoms with Gasteiger partial charge in [-0.1, -0.05) is 6.92 Å². The van der Waals surface area contributed by atoms with E-state index < -0.39 is 21.7 Å². The molecule has 0 amide bonds. The second-order valence-corrected chi connectivity index (χ2v) is 6.26. The number of aliphatic carboxylic acids is 1. The smallest absolute Gasteiger partial charge is 0.307 e. The first kappa shape index (κ1) is 14.4. The van der Waals surface area contributed by atoms with Gasteiger partial charge in [-0.3, -0.25) is 4.79 Å². The minimum Gasteiger partial charge on any atom is -0.481 e. The Morgan fingerprint density at radius 1 is 1.33 bits per heavy atom. The van der Waals surface area contributed by atoms with Crippen LogP contribution in [0.15, 0.2) is 0 Å². The molecule has 3 atom stereocenters. The fourth-order valence-electron chi connectivity index (χ4n) is 1.31. The van der Waals surface area contributed by atoms with Crippen molar-refractivity contribution in [3.05, 3.63) is 0 Å². The van der Waals surface area contributed by atoms with E-state index in [1.807, 2.05) is 0 Å². The molecule has 0 bridgehead atoms. The number of carboxylic acids is 1. The van der Waals surface area contributed by atoms with Crippen LogP contribution in [0.5, 0.6) is 0 Å². The molecule has 0 saturated carbocycles. The Hall–Kier alpha value is -0.620. The van der Waals surface area contributed by atoms with E-state index in [2.05, 4.69) is 5.32 Å². The molecule has 90 valence electrons. The molecule has 0 rings (SSSR count). The van der Waals surface area contributed by atoms with Crippen LogP contribution in [-0.4, -0.2) is 43.6 Å². The fourth-order valence-corrected chi connectivity index (χ4v) is 2.31. The van der Waals surface area contributed by atoms with Crippen LogP contribution in [0.25, 0.3) is 0 Å². The number of rotatable bonds is 6. The molecule has 0 aromatic carbocycles. The van der Waals surface area contributed by atoms with E-state index in [-0.39, 0.29) is 17.8 Å². The Bertz CT molecular complexity index is 312. The Balaban J connectivity index is 4.18. The third-order valence-corrected chi connectivity index (χ3v) is 3.35. The number of hydrogen-bond donors (Lipinski definition) is 2. The van der Waals surface area contributed by atoms with Crippen molar-refractivity contribution in [1.82, 2.24) is 5.32 Å². The number of sulfone groups is 1. The highest BCUT2D eigenvalue weighted by Gasteiger charge is 2.21. The van der Waals surface area contributed by atoms with Crippen molar-refractivity contribution in [3.8, 4) is 0 Å². The van der Waals surface area contributed by atoms with Gasteiger partial charge in [-0.2, -0.15) is 0 Å². The maximum absolute atomic E-state index is 11.0. The Morgan fingerprint density at radius 2 is 1.80 bits per heavy atom. The van der Waals surface area contributed by atoms with Gasteiger partial charge in [0.05, 0.1) is 11.7 Å². The zero-order chi connectivity index (χ0) is 12.2. The summed E-state index contributed by atoms with van der Waals surface area (Å²) in [7, 11) is -3.02. The summed E-state index contributed by atoms with van der Waals surface area (Å²) in [5.74, 6) is -1.41. The lowest BCUT2D eigenvalue weighted by molar-refractivity contribution is -0.141. The number of hydrogen-bond acceptors (Lipinski definition) is 4.